The molecule has 2 aliphatic carbocycles. The Kier molecular flexibility index (Phi) is 7.25. The number of hydrogen-bond donors (Lipinski definition) is 0. The molecule has 0 saturated carbocycles. The molecule has 0 fully saturated rings. The highest BCUT2D eigenvalue weighted by molar-refractivity contribution is 6.10. The van der Waals surface area contributed by atoms with Crippen LogP contribution in [0, 0.1) is 5.92 Å². The van der Waals surface area contributed by atoms with Crippen molar-refractivity contribution >= 4 is 49.6 Å². The number of anilines is 3. The van der Waals surface area contributed by atoms with Crippen LogP contribution in [0.4, 0.5) is 17.1 Å². The molecule has 2 aliphatic rings. The standard InChI is InChI=1S/C53H38N2/c1-4-18-39(19-5-1)53(40-20-6-2-7-21-40)49-26-14-12-24-45(49)46-32-30-43(35-50(46)53)54(42-29-28-37-16-10-11-17-38(37)34-42)44-31-33-48-47-25-13-15-27-51(47)55(52(48)36-44)41-22-8-3-9-23-41/h1-36,45,49H. The van der Waals surface area contributed by atoms with Crippen molar-refractivity contribution in [3.05, 3.63) is 241 Å². The topological polar surface area (TPSA) is 8.17 Å². The third-order valence-electron chi connectivity index (χ3n) is 12.1. The average molecular weight is 703 g/mol. The van der Waals surface area contributed by atoms with E-state index in [1.54, 1.807) is 0 Å². The zero-order chi connectivity index (χ0) is 36.3. The lowest BCUT2D eigenvalue weighted by atomic mass is 9.63. The summed E-state index contributed by atoms with van der Waals surface area (Å²) in [5.74, 6) is 0.501. The van der Waals surface area contributed by atoms with Gasteiger partial charge in [0.15, 0.2) is 0 Å². The van der Waals surface area contributed by atoms with E-state index >= 15 is 0 Å². The van der Waals surface area contributed by atoms with Crippen molar-refractivity contribution in [3.63, 3.8) is 0 Å². The Bertz CT molecular complexity index is 2900. The van der Waals surface area contributed by atoms with Gasteiger partial charge in [0.05, 0.1) is 16.4 Å². The number of benzene rings is 8. The highest BCUT2D eigenvalue weighted by Crippen LogP contribution is 2.60. The van der Waals surface area contributed by atoms with Gasteiger partial charge in [0, 0.05) is 45.4 Å². The number of nitrogens with zero attached hydrogens (tertiary/aromatic N) is 2. The first-order valence-corrected chi connectivity index (χ1v) is 19.3. The Morgan fingerprint density at radius 1 is 0.436 bits per heavy atom. The smallest absolute Gasteiger partial charge is 0.0561 e. The summed E-state index contributed by atoms with van der Waals surface area (Å²) in [6.45, 7) is 0. The van der Waals surface area contributed by atoms with E-state index in [9.17, 15) is 0 Å². The van der Waals surface area contributed by atoms with Gasteiger partial charge in [0.25, 0.3) is 0 Å². The fourth-order valence-corrected chi connectivity index (χ4v) is 9.79. The SMILES string of the molecule is C1=CC2c3ccc(N(c4ccc5ccccc5c4)c4ccc5c6ccccc6n(-c6ccccc6)c5c4)cc3C(c3ccccc3)(c3ccccc3)C2C=C1. The minimum atomic E-state index is -0.376. The molecular formula is C53H38N2. The molecule has 0 spiro atoms. The third kappa shape index (κ3) is 4.81. The molecule has 2 heteroatoms. The van der Waals surface area contributed by atoms with Crippen LogP contribution in [0.3, 0.4) is 0 Å². The van der Waals surface area contributed by atoms with E-state index in [2.05, 4.69) is 228 Å². The van der Waals surface area contributed by atoms with Crippen LogP contribution in [-0.4, -0.2) is 4.57 Å². The molecule has 11 rings (SSSR count). The van der Waals surface area contributed by atoms with Gasteiger partial charge in [-0.25, -0.2) is 0 Å². The van der Waals surface area contributed by atoms with E-state index in [4.69, 9.17) is 0 Å². The number of allylic oxidation sites excluding steroid dienone is 4. The number of aromatic nitrogens is 1. The van der Waals surface area contributed by atoms with Gasteiger partial charge < -0.3 is 9.47 Å². The van der Waals surface area contributed by atoms with E-state index in [0.717, 1.165) is 22.7 Å². The first-order chi connectivity index (χ1) is 27.3. The molecule has 0 bridgehead atoms. The highest BCUT2D eigenvalue weighted by atomic mass is 15.1. The van der Waals surface area contributed by atoms with Crippen LogP contribution in [0.25, 0.3) is 38.3 Å². The molecule has 8 aromatic carbocycles. The van der Waals surface area contributed by atoms with Gasteiger partial charge in [0.2, 0.25) is 0 Å². The molecule has 260 valence electrons. The fraction of sp³-hybridized carbons (Fsp3) is 0.0566. The van der Waals surface area contributed by atoms with Gasteiger partial charge in [-0.3, -0.25) is 0 Å². The van der Waals surface area contributed by atoms with Crippen molar-refractivity contribution in [2.24, 2.45) is 5.92 Å². The van der Waals surface area contributed by atoms with Crippen molar-refractivity contribution in [2.75, 3.05) is 4.90 Å². The van der Waals surface area contributed by atoms with Crippen molar-refractivity contribution in [1.29, 1.82) is 0 Å². The molecule has 1 heterocycles. The molecular weight excluding hydrogens is 665 g/mol. The summed E-state index contributed by atoms with van der Waals surface area (Å²) in [6.07, 6.45) is 9.33. The van der Waals surface area contributed by atoms with Crippen molar-refractivity contribution in [3.8, 4) is 5.69 Å². The molecule has 2 unspecified atom stereocenters. The molecule has 0 radical (unpaired) electrons. The van der Waals surface area contributed by atoms with Gasteiger partial charge in [0.1, 0.15) is 0 Å². The van der Waals surface area contributed by atoms with Crippen molar-refractivity contribution < 1.29 is 0 Å². The fourth-order valence-electron chi connectivity index (χ4n) is 9.79. The molecule has 0 aliphatic heterocycles. The predicted octanol–water partition coefficient (Wildman–Crippen LogP) is 13.6. The Morgan fingerprint density at radius 2 is 1.02 bits per heavy atom. The Hall–Kier alpha value is -6.90. The molecule has 0 amide bonds. The Balaban J connectivity index is 1.20. The number of para-hydroxylation sites is 2. The Morgan fingerprint density at radius 3 is 1.80 bits per heavy atom. The van der Waals surface area contributed by atoms with Crippen LogP contribution in [0.5, 0.6) is 0 Å². The molecule has 2 nitrogen and oxygen atoms in total. The van der Waals surface area contributed by atoms with Crippen LogP contribution in [0.1, 0.15) is 28.2 Å². The molecule has 0 N–H and O–H groups in total. The van der Waals surface area contributed by atoms with Crippen LogP contribution >= 0.6 is 0 Å². The third-order valence-corrected chi connectivity index (χ3v) is 12.1. The van der Waals surface area contributed by atoms with Crippen molar-refractivity contribution in [1.82, 2.24) is 4.57 Å². The predicted molar refractivity (Wildman–Crippen MR) is 230 cm³/mol. The van der Waals surface area contributed by atoms with Crippen molar-refractivity contribution in [2.45, 2.75) is 11.3 Å². The molecule has 55 heavy (non-hydrogen) atoms. The molecule has 9 aromatic rings. The van der Waals surface area contributed by atoms with Gasteiger partial charge >= 0.3 is 0 Å². The minimum Gasteiger partial charge on any atom is -0.310 e. The monoisotopic (exact) mass is 702 g/mol. The molecule has 2 atom stereocenters. The minimum absolute atomic E-state index is 0.236. The summed E-state index contributed by atoms with van der Waals surface area (Å²) in [6, 6.07) is 71.7. The van der Waals surface area contributed by atoms with Crippen LogP contribution < -0.4 is 4.90 Å². The maximum atomic E-state index is 2.50. The van der Waals surface area contributed by atoms with E-state index in [0.29, 0.717) is 0 Å². The normalized spacial score (nSPS) is 16.7. The second kappa shape index (κ2) is 12.6. The largest absolute Gasteiger partial charge is 0.310 e. The zero-order valence-corrected chi connectivity index (χ0v) is 30.3. The van der Waals surface area contributed by atoms with E-state index < -0.39 is 0 Å². The molecule has 0 saturated heterocycles. The number of rotatable bonds is 6. The van der Waals surface area contributed by atoms with Crippen LogP contribution in [-0.2, 0) is 5.41 Å². The summed E-state index contributed by atoms with van der Waals surface area (Å²) in [7, 11) is 0. The molecule has 1 aromatic heterocycles. The van der Waals surface area contributed by atoms with Gasteiger partial charge in [-0.15, -0.1) is 0 Å². The van der Waals surface area contributed by atoms with Crippen LogP contribution in [0.15, 0.2) is 218 Å². The quantitative estimate of drug-likeness (QED) is 0.167. The second-order valence-corrected chi connectivity index (χ2v) is 14.9. The lowest BCUT2D eigenvalue weighted by Gasteiger charge is -2.39. The summed E-state index contributed by atoms with van der Waals surface area (Å²) >= 11 is 0. The summed E-state index contributed by atoms with van der Waals surface area (Å²) < 4.78 is 2.41. The summed E-state index contributed by atoms with van der Waals surface area (Å²) in [5.41, 5.74) is 11.9. The number of fused-ring (bicyclic) bond motifs is 7. The summed E-state index contributed by atoms with van der Waals surface area (Å²) in [5, 5.41) is 4.94. The summed E-state index contributed by atoms with van der Waals surface area (Å²) in [4.78, 5) is 2.47. The first-order valence-electron chi connectivity index (χ1n) is 19.3. The number of hydrogen-bond acceptors (Lipinski definition) is 1. The van der Waals surface area contributed by atoms with Gasteiger partial charge in [-0.1, -0.05) is 164 Å². The highest BCUT2D eigenvalue weighted by Gasteiger charge is 2.53. The maximum absolute atomic E-state index is 2.50. The average Bonchev–Trinajstić information content (AvgIpc) is 3.75. The first kappa shape index (κ1) is 31.6. The maximum Gasteiger partial charge on any atom is 0.0561 e. The Labute approximate surface area is 321 Å². The van der Waals surface area contributed by atoms with Gasteiger partial charge in [-0.05, 0) is 87.6 Å². The van der Waals surface area contributed by atoms with Gasteiger partial charge in [-0.2, -0.15) is 0 Å². The zero-order valence-electron chi connectivity index (χ0n) is 30.3. The van der Waals surface area contributed by atoms with E-state index in [-0.39, 0.29) is 17.3 Å². The lowest BCUT2D eigenvalue weighted by Crippen LogP contribution is -2.35. The second-order valence-electron chi connectivity index (χ2n) is 14.9. The van der Waals surface area contributed by atoms with E-state index in [1.807, 2.05) is 0 Å². The lowest BCUT2D eigenvalue weighted by molar-refractivity contribution is 0.457. The van der Waals surface area contributed by atoms with E-state index in [1.165, 1.54) is 54.8 Å². The van der Waals surface area contributed by atoms with Crippen LogP contribution in [0.2, 0.25) is 0 Å².